The summed E-state index contributed by atoms with van der Waals surface area (Å²) in [5.41, 5.74) is 4.09. The van der Waals surface area contributed by atoms with Crippen molar-refractivity contribution < 1.29 is 9.18 Å². The number of amides is 1. The van der Waals surface area contributed by atoms with E-state index >= 15 is 0 Å². The molecule has 3 heteroatoms. The van der Waals surface area contributed by atoms with Crippen molar-refractivity contribution in [1.29, 1.82) is 0 Å². The van der Waals surface area contributed by atoms with Crippen LogP contribution in [0.1, 0.15) is 6.42 Å². The molecule has 1 atom stereocenters. The van der Waals surface area contributed by atoms with Gasteiger partial charge in [0.15, 0.2) is 0 Å². The van der Waals surface area contributed by atoms with Gasteiger partial charge in [-0.25, -0.2) is 4.39 Å². The average Bonchev–Trinajstić information content (AvgIpc) is 1.95. The average molecular weight is 154 g/mol. The fourth-order valence-electron chi connectivity index (χ4n) is 0.838. The van der Waals surface area contributed by atoms with E-state index in [1.165, 1.54) is 18.2 Å². The van der Waals surface area contributed by atoms with Crippen molar-refractivity contribution in [3.63, 3.8) is 0 Å². The van der Waals surface area contributed by atoms with E-state index in [1.807, 2.05) is 0 Å². The van der Waals surface area contributed by atoms with Crippen LogP contribution < -0.4 is 5.73 Å². The van der Waals surface area contributed by atoms with Crippen molar-refractivity contribution in [2.45, 2.75) is 6.42 Å². The molecule has 0 aromatic rings. The molecule has 1 aliphatic rings. The van der Waals surface area contributed by atoms with Crippen molar-refractivity contribution in [3.8, 4) is 0 Å². The van der Waals surface area contributed by atoms with Gasteiger partial charge < -0.3 is 5.73 Å². The highest BCUT2D eigenvalue weighted by Gasteiger charge is 2.28. The summed E-state index contributed by atoms with van der Waals surface area (Å²) in [5.74, 6) is -0.872. The Morgan fingerprint density at radius 2 is 2.45 bits per heavy atom. The lowest BCUT2D eigenvalue weighted by molar-refractivity contribution is -0.123. The molecule has 59 valence electrons. The summed E-state index contributed by atoms with van der Waals surface area (Å²) in [4.78, 5) is 10.7. The van der Waals surface area contributed by atoms with Crippen LogP contribution in [-0.2, 0) is 4.79 Å². The molecular weight excluding hydrogens is 145 g/mol. The van der Waals surface area contributed by atoms with Crippen LogP contribution in [0.15, 0.2) is 24.1 Å². The van der Waals surface area contributed by atoms with Gasteiger partial charge in [0.1, 0.15) is 5.83 Å². The van der Waals surface area contributed by atoms with Crippen LogP contribution in [0.3, 0.4) is 0 Å². The maximum absolute atomic E-state index is 12.4. The summed E-state index contributed by atoms with van der Waals surface area (Å²) in [7, 11) is 0. The fraction of sp³-hybridized carbons (Fsp3) is 0.250. The number of carbonyl (C=O) groups excluding carboxylic acids is 1. The molecule has 0 bridgehead atoms. The molecular formula is C8H9FNO. The van der Waals surface area contributed by atoms with Crippen LogP contribution in [-0.4, -0.2) is 5.91 Å². The van der Waals surface area contributed by atoms with E-state index in [-0.39, 0.29) is 12.2 Å². The highest BCUT2D eigenvalue weighted by Crippen LogP contribution is 2.28. The number of allylic oxidation sites excluding steroid dienone is 3. The third-order valence-electron chi connectivity index (χ3n) is 1.71. The first-order chi connectivity index (χ1) is 5.04. The van der Waals surface area contributed by atoms with E-state index in [1.54, 1.807) is 0 Å². The van der Waals surface area contributed by atoms with Gasteiger partial charge in [0.05, 0.1) is 5.41 Å². The number of hydrogen-bond acceptors (Lipinski definition) is 1. The van der Waals surface area contributed by atoms with Gasteiger partial charge in [-0.1, -0.05) is 6.08 Å². The molecule has 2 nitrogen and oxygen atoms in total. The van der Waals surface area contributed by atoms with E-state index in [4.69, 9.17) is 5.73 Å². The van der Waals surface area contributed by atoms with Gasteiger partial charge in [-0.3, -0.25) is 4.79 Å². The molecule has 0 aromatic heterocycles. The second-order valence-electron chi connectivity index (χ2n) is 2.65. The molecule has 1 radical (unpaired) electrons. The van der Waals surface area contributed by atoms with Crippen LogP contribution in [0.25, 0.3) is 0 Å². The zero-order valence-electron chi connectivity index (χ0n) is 6.01. The molecule has 0 spiro atoms. The topological polar surface area (TPSA) is 43.1 Å². The molecule has 1 unspecified atom stereocenters. The quantitative estimate of drug-likeness (QED) is 0.604. The predicted molar refractivity (Wildman–Crippen MR) is 39.9 cm³/mol. The smallest absolute Gasteiger partial charge is 0.227 e. The van der Waals surface area contributed by atoms with Gasteiger partial charge in [-0.2, -0.15) is 0 Å². The summed E-state index contributed by atoms with van der Waals surface area (Å²) < 4.78 is 12.4. The van der Waals surface area contributed by atoms with Gasteiger partial charge in [0.2, 0.25) is 5.91 Å². The molecule has 11 heavy (non-hydrogen) atoms. The Morgan fingerprint density at radius 1 is 1.82 bits per heavy atom. The first kappa shape index (κ1) is 7.98. The van der Waals surface area contributed by atoms with Crippen LogP contribution in [0.4, 0.5) is 4.39 Å². The monoisotopic (exact) mass is 154 g/mol. The molecule has 1 amide bonds. The number of carbonyl (C=O) groups is 1. The van der Waals surface area contributed by atoms with Crippen LogP contribution in [0.5, 0.6) is 0 Å². The van der Waals surface area contributed by atoms with E-state index in [0.29, 0.717) is 0 Å². The Morgan fingerprint density at radius 3 is 2.82 bits per heavy atom. The molecule has 0 saturated carbocycles. The first-order valence-electron chi connectivity index (χ1n) is 3.25. The maximum atomic E-state index is 12.4. The Hall–Kier alpha value is -1.12. The van der Waals surface area contributed by atoms with Crippen molar-refractivity contribution in [2.75, 3.05) is 0 Å². The Balaban J connectivity index is 2.82. The largest absolute Gasteiger partial charge is 0.369 e. The molecule has 0 fully saturated rings. The van der Waals surface area contributed by atoms with Gasteiger partial charge >= 0.3 is 0 Å². The number of nitrogens with two attached hydrogens (primary N) is 1. The molecule has 1 aliphatic carbocycles. The van der Waals surface area contributed by atoms with Crippen molar-refractivity contribution in [1.82, 2.24) is 0 Å². The molecule has 0 heterocycles. The van der Waals surface area contributed by atoms with E-state index < -0.39 is 11.3 Å². The zero-order valence-corrected chi connectivity index (χ0v) is 6.01. The molecule has 0 aromatic carbocycles. The fourth-order valence-corrected chi connectivity index (χ4v) is 0.838. The zero-order chi connectivity index (χ0) is 8.48. The minimum absolute atomic E-state index is 0.241. The summed E-state index contributed by atoms with van der Waals surface area (Å²) in [6.07, 6.45) is 4.15. The molecule has 1 rings (SSSR count). The third-order valence-corrected chi connectivity index (χ3v) is 1.71. The Labute approximate surface area is 64.6 Å². The minimum Gasteiger partial charge on any atom is -0.369 e. The molecule has 2 N–H and O–H groups in total. The van der Waals surface area contributed by atoms with Gasteiger partial charge in [-0.15, -0.1) is 0 Å². The Bertz CT molecular complexity index is 244. The van der Waals surface area contributed by atoms with Crippen molar-refractivity contribution in [3.05, 3.63) is 31.0 Å². The summed E-state index contributed by atoms with van der Waals surface area (Å²) in [6.45, 7) is 3.59. The summed E-state index contributed by atoms with van der Waals surface area (Å²) in [6, 6.07) is 0. The lowest BCUT2D eigenvalue weighted by atomic mass is 9.83. The molecule has 0 saturated heterocycles. The highest BCUT2D eigenvalue weighted by atomic mass is 19.1. The van der Waals surface area contributed by atoms with Crippen molar-refractivity contribution >= 4 is 5.91 Å². The summed E-state index contributed by atoms with van der Waals surface area (Å²) in [5, 5.41) is 0. The second kappa shape index (κ2) is 2.49. The standard InChI is InChI=1S/C8H9FNO/c1-8(7(10)11)4-2-6(9)3-5-8/h2-4H,1,5H2,(H2,10,11). The minimum atomic E-state index is -0.949. The Kier molecular flexibility index (Phi) is 1.81. The van der Waals surface area contributed by atoms with Gasteiger partial charge in [0, 0.05) is 0 Å². The van der Waals surface area contributed by atoms with E-state index in [9.17, 15) is 9.18 Å². The lowest BCUT2D eigenvalue weighted by Gasteiger charge is -2.21. The van der Waals surface area contributed by atoms with Gasteiger partial charge in [0.25, 0.3) is 0 Å². The van der Waals surface area contributed by atoms with Crippen LogP contribution >= 0.6 is 0 Å². The van der Waals surface area contributed by atoms with Crippen LogP contribution in [0.2, 0.25) is 0 Å². The van der Waals surface area contributed by atoms with Gasteiger partial charge in [-0.05, 0) is 25.5 Å². The lowest BCUT2D eigenvalue weighted by Crippen LogP contribution is -2.33. The normalized spacial score (nSPS) is 29.8. The predicted octanol–water partition coefficient (Wildman–Crippen LogP) is 1.11. The number of halogens is 1. The molecule has 0 aliphatic heterocycles. The number of rotatable bonds is 1. The van der Waals surface area contributed by atoms with Crippen LogP contribution in [0, 0.1) is 12.3 Å². The first-order valence-corrected chi connectivity index (χ1v) is 3.25. The van der Waals surface area contributed by atoms with Crippen molar-refractivity contribution in [2.24, 2.45) is 11.1 Å². The SMILES string of the molecule is [CH2]C1(C(N)=O)C=CC(F)=CC1. The van der Waals surface area contributed by atoms with E-state index in [2.05, 4.69) is 6.92 Å². The summed E-state index contributed by atoms with van der Waals surface area (Å²) >= 11 is 0. The second-order valence-corrected chi connectivity index (χ2v) is 2.65. The number of hydrogen-bond donors (Lipinski definition) is 1. The third kappa shape index (κ3) is 1.48. The number of primary amides is 1. The maximum Gasteiger partial charge on any atom is 0.227 e. The highest BCUT2D eigenvalue weighted by molar-refractivity contribution is 5.84. The van der Waals surface area contributed by atoms with E-state index in [0.717, 1.165) is 0 Å².